The van der Waals surface area contributed by atoms with Gasteiger partial charge in [-0.2, -0.15) is 0 Å². The molecule has 1 amide bonds. The van der Waals surface area contributed by atoms with E-state index in [1.54, 1.807) is 13.2 Å². The molecule has 0 heterocycles. The molecule has 2 rings (SSSR count). The van der Waals surface area contributed by atoms with Crippen molar-refractivity contribution in [3.05, 3.63) is 64.7 Å². The molecule has 1 atom stereocenters. The Morgan fingerprint density at radius 3 is 2.21 bits per heavy atom. The van der Waals surface area contributed by atoms with Gasteiger partial charge in [0.05, 0.1) is 13.2 Å². The van der Waals surface area contributed by atoms with E-state index < -0.39 is 0 Å². The van der Waals surface area contributed by atoms with Gasteiger partial charge in [-0.25, -0.2) is 0 Å². The largest absolute Gasteiger partial charge is 0.496 e. The summed E-state index contributed by atoms with van der Waals surface area (Å²) in [6.45, 7) is 10.5. The average molecular weight is 325 g/mol. The van der Waals surface area contributed by atoms with Gasteiger partial charge in [-0.1, -0.05) is 45.0 Å². The van der Waals surface area contributed by atoms with Crippen molar-refractivity contribution in [2.45, 2.75) is 46.1 Å². The second-order valence-corrected chi connectivity index (χ2v) is 7.25. The van der Waals surface area contributed by atoms with E-state index in [0.29, 0.717) is 5.56 Å². The third-order valence-corrected chi connectivity index (χ3v) is 4.28. The average Bonchev–Trinajstić information content (AvgIpc) is 2.54. The topological polar surface area (TPSA) is 38.3 Å². The van der Waals surface area contributed by atoms with Crippen LogP contribution < -0.4 is 10.1 Å². The fourth-order valence-electron chi connectivity index (χ4n) is 2.65. The molecular formula is C21H27NO2. The number of nitrogens with one attached hydrogen (secondary N) is 1. The lowest BCUT2D eigenvalue weighted by Gasteiger charge is -2.21. The first-order valence-corrected chi connectivity index (χ1v) is 8.28. The highest BCUT2D eigenvalue weighted by molar-refractivity contribution is 5.94. The zero-order chi connectivity index (χ0) is 17.9. The summed E-state index contributed by atoms with van der Waals surface area (Å²) in [6, 6.07) is 13.9. The molecule has 1 N–H and O–H groups in total. The maximum absolute atomic E-state index is 12.5. The normalized spacial score (nSPS) is 12.6. The number of rotatable bonds is 4. The molecular weight excluding hydrogens is 298 g/mol. The summed E-state index contributed by atoms with van der Waals surface area (Å²) < 4.78 is 5.24. The van der Waals surface area contributed by atoms with Gasteiger partial charge in [0.2, 0.25) is 0 Å². The van der Waals surface area contributed by atoms with E-state index in [2.05, 4.69) is 50.4 Å². The van der Waals surface area contributed by atoms with Crippen LogP contribution in [-0.4, -0.2) is 13.0 Å². The molecule has 3 heteroatoms. The number of ether oxygens (including phenoxy) is 1. The molecule has 0 aromatic heterocycles. The summed E-state index contributed by atoms with van der Waals surface area (Å²) in [4.78, 5) is 12.5. The number of aryl methyl sites for hydroxylation is 1. The number of carbonyl (C=O) groups excluding carboxylic acids is 1. The van der Waals surface area contributed by atoms with Crippen molar-refractivity contribution in [2.24, 2.45) is 0 Å². The minimum absolute atomic E-state index is 0.0473. The van der Waals surface area contributed by atoms with E-state index in [-0.39, 0.29) is 17.4 Å². The molecule has 0 aliphatic carbocycles. The van der Waals surface area contributed by atoms with Crippen molar-refractivity contribution in [1.29, 1.82) is 0 Å². The molecule has 0 radical (unpaired) electrons. The molecule has 3 nitrogen and oxygen atoms in total. The van der Waals surface area contributed by atoms with Crippen LogP contribution in [0.25, 0.3) is 0 Å². The maximum Gasteiger partial charge on any atom is 0.251 e. The summed E-state index contributed by atoms with van der Waals surface area (Å²) in [5.74, 6) is 0.713. The van der Waals surface area contributed by atoms with E-state index >= 15 is 0 Å². The summed E-state index contributed by atoms with van der Waals surface area (Å²) in [6.07, 6.45) is 0. The summed E-state index contributed by atoms with van der Waals surface area (Å²) in [7, 11) is 1.63. The maximum atomic E-state index is 12.5. The Morgan fingerprint density at radius 2 is 1.71 bits per heavy atom. The van der Waals surface area contributed by atoms with Crippen LogP contribution in [-0.2, 0) is 5.41 Å². The molecule has 0 aliphatic heterocycles. The zero-order valence-electron chi connectivity index (χ0n) is 15.4. The van der Waals surface area contributed by atoms with Crippen LogP contribution in [0.3, 0.4) is 0 Å². The molecule has 0 saturated heterocycles. The number of methoxy groups -OCH3 is 1. The number of amides is 1. The predicted octanol–water partition coefficient (Wildman–Crippen LogP) is 4.79. The Hall–Kier alpha value is -2.29. The molecule has 0 unspecified atom stereocenters. The second kappa shape index (κ2) is 7.08. The van der Waals surface area contributed by atoms with Crippen molar-refractivity contribution >= 4 is 5.91 Å². The van der Waals surface area contributed by atoms with Crippen LogP contribution >= 0.6 is 0 Å². The van der Waals surface area contributed by atoms with Crippen LogP contribution in [0.4, 0.5) is 0 Å². The van der Waals surface area contributed by atoms with Gasteiger partial charge in [0, 0.05) is 5.56 Å². The molecule has 2 aromatic carbocycles. The zero-order valence-corrected chi connectivity index (χ0v) is 15.4. The molecule has 0 bridgehead atoms. The predicted molar refractivity (Wildman–Crippen MR) is 98.8 cm³/mol. The van der Waals surface area contributed by atoms with E-state index in [4.69, 9.17) is 4.74 Å². The molecule has 128 valence electrons. The first-order chi connectivity index (χ1) is 11.2. The third kappa shape index (κ3) is 4.16. The molecule has 0 saturated carbocycles. The molecule has 0 spiro atoms. The molecule has 24 heavy (non-hydrogen) atoms. The van der Waals surface area contributed by atoms with Gasteiger partial charge in [-0.3, -0.25) is 4.79 Å². The van der Waals surface area contributed by atoms with Crippen LogP contribution in [0.2, 0.25) is 0 Å². The Bertz CT molecular complexity index is 712. The van der Waals surface area contributed by atoms with Gasteiger partial charge in [0.25, 0.3) is 5.91 Å². The van der Waals surface area contributed by atoms with E-state index in [9.17, 15) is 4.79 Å². The number of hydrogen-bond acceptors (Lipinski definition) is 2. The molecule has 0 fully saturated rings. The first kappa shape index (κ1) is 18.1. The highest BCUT2D eigenvalue weighted by Crippen LogP contribution is 2.24. The van der Waals surface area contributed by atoms with Crippen molar-refractivity contribution in [1.82, 2.24) is 5.32 Å². The number of carbonyl (C=O) groups is 1. The fourth-order valence-corrected chi connectivity index (χ4v) is 2.65. The highest BCUT2D eigenvalue weighted by atomic mass is 16.5. The van der Waals surface area contributed by atoms with Gasteiger partial charge >= 0.3 is 0 Å². The lowest BCUT2D eigenvalue weighted by Crippen LogP contribution is -2.26. The van der Waals surface area contributed by atoms with Gasteiger partial charge in [0.1, 0.15) is 5.75 Å². The number of hydrogen-bond donors (Lipinski definition) is 1. The Morgan fingerprint density at radius 1 is 1.08 bits per heavy atom. The molecule has 0 aliphatic rings. The van der Waals surface area contributed by atoms with Gasteiger partial charge in [-0.05, 0) is 54.2 Å². The minimum atomic E-state index is -0.0758. The lowest BCUT2D eigenvalue weighted by molar-refractivity contribution is 0.0939. The Labute approximate surface area is 145 Å². The quantitative estimate of drug-likeness (QED) is 0.877. The number of benzene rings is 2. The Balaban J connectivity index is 2.10. The van der Waals surface area contributed by atoms with Crippen molar-refractivity contribution in [3.63, 3.8) is 0 Å². The minimum Gasteiger partial charge on any atom is -0.496 e. The van der Waals surface area contributed by atoms with Crippen LogP contribution in [0.1, 0.15) is 60.8 Å². The third-order valence-electron chi connectivity index (χ3n) is 4.28. The summed E-state index contributed by atoms with van der Waals surface area (Å²) in [5.41, 5.74) is 4.11. The van der Waals surface area contributed by atoms with Crippen LogP contribution in [0, 0.1) is 6.92 Å². The van der Waals surface area contributed by atoms with Gasteiger partial charge < -0.3 is 10.1 Å². The fraction of sp³-hybridized carbons (Fsp3) is 0.381. The van der Waals surface area contributed by atoms with Crippen LogP contribution in [0.15, 0.2) is 42.5 Å². The standard InChI is InChI=1S/C21H27NO2/c1-14-13-17(9-12-19(14)24-6)20(23)22-15(2)16-7-10-18(11-8-16)21(3,4)5/h7-13,15H,1-6H3,(H,22,23)/t15-/m1/s1. The smallest absolute Gasteiger partial charge is 0.251 e. The van der Waals surface area contributed by atoms with E-state index in [0.717, 1.165) is 16.9 Å². The van der Waals surface area contributed by atoms with Crippen molar-refractivity contribution < 1.29 is 9.53 Å². The Kier molecular flexibility index (Phi) is 5.33. The van der Waals surface area contributed by atoms with E-state index in [1.165, 1.54) is 5.56 Å². The summed E-state index contributed by atoms with van der Waals surface area (Å²) >= 11 is 0. The molecule has 2 aromatic rings. The van der Waals surface area contributed by atoms with Crippen LogP contribution in [0.5, 0.6) is 5.75 Å². The van der Waals surface area contributed by atoms with E-state index in [1.807, 2.05) is 26.0 Å². The monoisotopic (exact) mass is 325 g/mol. The summed E-state index contributed by atoms with van der Waals surface area (Å²) in [5, 5.41) is 3.06. The van der Waals surface area contributed by atoms with Crippen molar-refractivity contribution in [3.8, 4) is 5.75 Å². The van der Waals surface area contributed by atoms with Gasteiger partial charge in [0.15, 0.2) is 0 Å². The first-order valence-electron chi connectivity index (χ1n) is 8.28. The lowest BCUT2D eigenvalue weighted by atomic mass is 9.86. The highest BCUT2D eigenvalue weighted by Gasteiger charge is 2.16. The van der Waals surface area contributed by atoms with Gasteiger partial charge in [-0.15, -0.1) is 0 Å². The second-order valence-electron chi connectivity index (χ2n) is 7.25. The SMILES string of the molecule is COc1ccc(C(=O)N[C@H](C)c2ccc(C(C)(C)C)cc2)cc1C. The van der Waals surface area contributed by atoms with Crippen molar-refractivity contribution in [2.75, 3.05) is 7.11 Å².